The van der Waals surface area contributed by atoms with Gasteiger partial charge in [-0.3, -0.25) is 4.79 Å². The minimum absolute atomic E-state index is 0.0257. The summed E-state index contributed by atoms with van der Waals surface area (Å²) in [5.41, 5.74) is 1.91. The maximum atomic E-state index is 15.0. The first-order chi connectivity index (χ1) is 14.9. The van der Waals surface area contributed by atoms with Gasteiger partial charge < -0.3 is 9.80 Å². The van der Waals surface area contributed by atoms with E-state index in [2.05, 4.69) is 0 Å². The van der Waals surface area contributed by atoms with Gasteiger partial charge in [0, 0.05) is 50.0 Å². The average molecular weight is 446 g/mol. The highest BCUT2D eigenvalue weighted by atomic mass is 32.2. The van der Waals surface area contributed by atoms with E-state index in [0.717, 1.165) is 24.1 Å². The van der Waals surface area contributed by atoms with Crippen LogP contribution in [0.3, 0.4) is 0 Å². The van der Waals surface area contributed by atoms with Gasteiger partial charge in [0.25, 0.3) is 0 Å². The topological polar surface area (TPSA) is 60.9 Å². The van der Waals surface area contributed by atoms with Crippen LogP contribution in [0, 0.1) is 5.82 Å². The van der Waals surface area contributed by atoms with E-state index in [1.165, 1.54) is 10.4 Å². The molecule has 2 aromatic rings. The Kier molecular flexibility index (Phi) is 6.29. The van der Waals surface area contributed by atoms with Crippen LogP contribution in [0.1, 0.15) is 36.1 Å². The first-order valence-corrected chi connectivity index (χ1v) is 12.2. The Morgan fingerprint density at radius 1 is 1.03 bits per heavy atom. The van der Waals surface area contributed by atoms with E-state index in [4.69, 9.17) is 0 Å². The second-order valence-electron chi connectivity index (χ2n) is 8.32. The molecule has 2 atom stereocenters. The van der Waals surface area contributed by atoms with Gasteiger partial charge in [-0.25, -0.2) is 12.8 Å². The van der Waals surface area contributed by atoms with Crippen molar-refractivity contribution >= 4 is 22.1 Å². The van der Waals surface area contributed by atoms with E-state index in [0.29, 0.717) is 38.2 Å². The van der Waals surface area contributed by atoms with E-state index in [1.807, 2.05) is 48.2 Å². The van der Waals surface area contributed by atoms with E-state index < -0.39 is 21.1 Å². The smallest absolute Gasteiger partial charge is 0.221 e. The number of amides is 1. The first kappa shape index (κ1) is 21.8. The van der Waals surface area contributed by atoms with E-state index in [1.54, 1.807) is 11.0 Å². The van der Waals surface area contributed by atoms with Crippen LogP contribution in [-0.4, -0.2) is 56.3 Å². The maximum absolute atomic E-state index is 15.0. The number of nitrogens with zero attached hydrogens (tertiary/aromatic N) is 3. The molecule has 2 heterocycles. The molecule has 0 aromatic heterocycles. The minimum Gasteiger partial charge on any atom is -0.368 e. The molecule has 1 amide bonds. The SMILES string of the molecule is CC1CCC(c2ccccc2)S(=O)(=O)N1Cc1ccc(N2CCN(C=O)CC2)cc1F. The van der Waals surface area contributed by atoms with Crippen molar-refractivity contribution in [1.82, 2.24) is 9.21 Å². The molecule has 2 aliphatic heterocycles. The van der Waals surface area contributed by atoms with Crippen molar-refractivity contribution in [2.75, 3.05) is 31.1 Å². The zero-order valence-electron chi connectivity index (χ0n) is 17.7. The molecule has 4 rings (SSSR count). The number of halogens is 1. The number of carbonyl (C=O) groups is 1. The average Bonchev–Trinajstić information content (AvgIpc) is 2.78. The molecule has 0 aliphatic carbocycles. The van der Waals surface area contributed by atoms with Crippen molar-refractivity contribution < 1.29 is 17.6 Å². The molecule has 8 heteroatoms. The summed E-state index contributed by atoms with van der Waals surface area (Å²) in [5, 5.41) is -0.596. The van der Waals surface area contributed by atoms with E-state index in [-0.39, 0.29) is 12.6 Å². The fourth-order valence-corrected chi connectivity index (χ4v) is 6.65. The van der Waals surface area contributed by atoms with Gasteiger partial charge in [0.2, 0.25) is 16.4 Å². The largest absolute Gasteiger partial charge is 0.368 e. The molecular formula is C23H28FN3O3S. The molecular weight excluding hydrogens is 417 g/mol. The van der Waals surface area contributed by atoms with Crippen molar-refractivity contribution in [3.05, 3.63) is 65.5 Å². The summed E-state index contributed by atoms with van der Waals surface area (Å²) < 4.78 is 43.2. The second kappa shape index (κ2) is 8.96. The molecule has 2 saturated heterocycles. The monoisotopic (exact) mass is 445 g/mol. The third kappa shape index (κ3) is 4.45. The zero-order chi connectivity index (χ0) is 22.0. The van der Waals surface area contributed by atoms with Crippen molar-refractivity contribution in [3.63, 3.8) is 0 Å². The van der Waals surface area contributed by atoms with Gasteiger partial charge in [-0.2, -0.15) is 4.31 Å². The third-order valence-electron chi connectivity index (χ3n) is 6.39. The Hall–Kier alpha value is -2.45. The standard InChI is InChI=1S/C23H28FN3O3S/c1-18-7-10-23(19-5-3-2-4-6-19)31(29,30)27(18)16-20-8-9-21(15-22(20)24)26-13-11-25(17-28)12-14-26/h2-6,8-9,15,17-18,23H,7,10-14,16H2,1H3. The van der Waals surface area contributed by atoms with Gasteiger partial charge in [-0.1, -0.05) is 36.4 Å². The summed E-state index contributed by atoms with van der Waals surface area (Å²) in [6.45, 7) is 4.42. The molecule has 2 aliphatic rings. The van der Waals surface area contributed by atoms with E-state index in [9.17, 15) is 17.6 Å². The molecule has 2 aromatic carbocycles. The summed E-state index contributed by atoms with van der Waals surface area (Å²) in [6.07, 6.45) is 2.14. The summed E-state index contributed by atoms with van der Waals surface area (Å²) in [5.74, 6) is -0.403. The summed E-state index contributed by atoms with van der Waals surface area (Å²) in [4.78, 5) is 14.6. The molecule has 0 bridgehead atoms. The van der Waals surface area contributed by atoms with E-state index >= 15 is 0 Å². The van der Waals surface area contributed by atoms with Crippen LogP contribution >= 0.6 is 0 Å². The molecule has 2 unspecified atom stereocenters. The van der Waals surface area contributed by atoms with Crippen LogP contribution in [0.25, 0.3) is 0 Å². The highest BCUT2D eigenvalue weighted by Crippen LogP contribution is 2.38. The predicted molar refractivity (Wildman–Crippen MR) is 119 cm³/mol. The van der Waals surface area contributed by atoms with Crippen LogP contribution in [0.5, 0.6) is 0 Å². The lowest BCUT2D eigenvalue weighted by Crippen LogP contribution is -2.46. The normalized spacial score (nSPS) is 24.2. The summed E-state index contributed by atoms with van der Waals surface area (Å²) in [7, 11) is -3.60. The van der Waals surface area contributed by atoms with Gasteiger partial charge in [0.1, 0.15) is 11.1 Å². The molecule has 2 fully saturated rings. The van der Waals surface area contributed by atoms with Crippen molar-refractivity contribution in [1.29, 1.82) is 0 Å². The first-order valence-electron chi connectivity index (χ1n) is 10.7. The van der Waals surface area contributed by atoms with Gasteiger partial charge >= 0.3 is 0 Å². The fourth-order valence-electron chi connectivity index (χ4n) is 4.47. The van der Waals surface area contributed by atoms with Crippen LogP contribution in [0.4, 0.5) is 10.1 Å². The van der Waals surface area contributed by atoms with Crippen molar-refractivity contribution in [2.45, 2.75) is 37.6 Å². The van der Waals surface area contributed by atoms with Crippen molar-refractivity contribution in [3.8, 4) is 0 Å². The highest BCUT2D eigenvalue weighted by Gasteiger charge is 2.40. The lowest BCUT2D eigenvalue weighted by atomic mass is 10.0. The third-order valence-corrected chi connectivity index (χ3v) is 8.76. The maximum Gasteiger partial charge on any atom is 0.221 e. The molecule has 6 nitrogen and oxygen atoms in total. The minimum atomic E-state index is -3.60. The fraction of sp³-hybridized carbons (Fsp3) is 0.435. The Morgan fingerprint density at radius 2 is 1.74 bits per heavy atom. The lowest BCUT2D eigenvalue weighted by molar-refractivity contribution is -0.118. The number of benzene rings is 2. The number of hydrogen-bond acceptors (Lipinski definition) is 4. The molecule has 0 saturated carbocycles. The van der Waals surface area contributed by atoms with Gasteiger partial charge in [-0.05, 0) is 37.5 Å². The van der Waals surface area contributed by atoms with Crippen molar-refractivity contribution in [2.24, 2.45) is 0 Å². The van der Waals surface area contributed by atoms with Gasteiger partial charge in [-0.15, -0.1) is 0 Å². The number of piperazine rings is 1. The Labute approximate surface area is 183 Å². The number of sulfonamides is 1. The summed E-state index contributed by atoms with van der Waals surface area (Å²) in [6, 6.07) is 14.1. The van der Waals surface area contributed by atoms with Gasteiger partial charge in [0.05, 0.1) is 0 Å². The molecule has 31 heavy (non-hydrogen) atoms. The Balaban J connectivity index is 1.53. The summed E-state index contributed by atoms with van der Waals surface area (Å²) >= 11 is 0. The highest BCUT2D eigenvalue weighted by molar-refractivity contribution is 7.89. The lowest BCUT2D eigenvalue weighted by Gasteiger charge is -2.37. The number of rotatable bonds is 5. The second-order valence-corrected chi connectivity index (χ2v) is 10.4. The molecule has 0 N–H and O–H groups in total. The van der Waals surface area contributed by atoms with Crippen LogP contribution in [-0.2, 0) is 21.4 Å². The Bertz CT molecular complexity index is 1020. The number of hydrogen-bond donors (Lipinski definition) is 0. The quantitative estimate of drug-likeness (QED) is 0.664. The molecule has 0 radical (unpaired) electrons. The van der Waals surface area contributed by atoms with Crippen LogP contribution < -0.4 is 4.90 Å². The Morgan fingerprint density at radius 3 is 2.39 bits per heavy atom. The van der Waals surface area contributed by atoms with Crippen LogP contribution in [0.15, 0.2) is 48.5 Å². The zero-order valence-corrected chi connectivity index (χ0v) is 18.5. The predicted octanol–water partition coefficient (Wildman–Crippen LogP) is 3.16. The molecule has 166 valence electrons. The molecule has 0 spiro atoms. The van der Waals surface area contributed by atoms with Crippen LogP contribution in [0.2, 0.25) is 0 Å². The number of carbonyl (C=O) groups excluding carboxylic acids is 1. The van der Waals surface area contributed by atoms with Gasteiger partial charge in [0.15, 0.2) is 0 Å². The number of anilines is 1.